The first-order valence-electron chi connectivity index (χ1n) is 6.94. The first-order valence-corrected chi connectivity index (χ1v) is 8.15. The zero-order valence-corrected chi connectivity index (χ0v) is 12.4. The molecule has 0 aliphatic heterocycles. The molecule has 3 aliphatic rings. The molecule has 0 radical (unpaired) electrons. The van der Waals surface area contributed by atoms with E-state index >= 15 is 0 Å². The molecule has 0 aromatic heterocycles. The molecule has 0 heterocycles. The van der Waals surface area contributed by atoms with E-state index in [0.717, 1.165) is 11.3 Å². The number of ketones is 1. The van der Waals surface area contributed by atoms with E-state index in [1.165, 1.54) is 0 Å². The van der Waals surface area contributed by atoms with E-state index in [-0.39, 0.29) is 28.3 Å². The Morgan fingerprint density at radius 3 is 2.37 bits per heavy atom. The van der Waals surface area contributed by atoms with Crippen LogP contribution in [0.1, 0.15) is 27.2 Å². The number of hydrogen-bond acceptors (Lipinski definition) is 2. The molecule has 2 nitrogen and oxygen atoms in total. The third-order valence-electron chi connectivity index (χ3n) is 5.29. The van der Waals surface area contributed by atoms with Crippen LogP contribution in [0, 0.1) is 23.2 Å². The zero-order chi connectivity index (χ0) is 13.8. The van der Waals surface area contributed by atoms with Crippen molar-refractivity contribution in [3.8, 4) is 0 Å². The molecule has 4 rings (SSSR count). The molecule has 2 unspecified atom stereocenters. The van der Waals surface area contributed by atoms with Crippen molar-refractivity contribution in [1.82, 2.24) is 0 Å². The van der Waals surface area contributed by atoms with E-state index in [1.807, 2.05) is 30.3 Å². The molecule has 102 valence electrons. The monoisotopic (exact) mass is 276 g/mol. The number of hydrogen-bond donors (Lipinski definition) is 0. The molecule has 5 atom stereocenters. The second-order valence-electron chi connectivity index (χ2n) is 6.51. The molecule has 2 bridgehead atoms. The van der Waals surface area contributed by atoms with Gasteiger partial charge in [-0.2, -0.15) is 0 Å². The molecular formula is C16H20O2S. The highest BCUT2D eigenvalue weighted by Crippen LogP contribution is 2.60. The zero-order valence-electron chi connectivity index (χ0n) is 11.6. The maximum absolute atomic E-state index is 12.7. The maximum Gasteiger partial charge on any atom is 0.152 e. The Balaban J connectivity index is 1.91. The van der Waals surface area contributed by atoms with Crippen LogP contribution in [0.5, 0.6) is 0 Å². The number of rotatable bonds is 2. The summed E-state index contributed by atoms with van der Waals surface area (Å²) in [5, 5.41) is -0.306. The molecule has 1 aromatic rings. The van der Waals surface area contributed by atoms with Crippen molar-refractivity contribution in [2.45, 2.75) is 37.3 Å². The molecule has 3 fully saturated rings. The van der Waals surface area contributed by atoms with E-state index in [9.17, 15) is 9.00 Å². The van der Waals surface area contributed by atoms with Gasteiger partial charge in [0.25, 0.3) is 0 Å². The summed E-state index contributed by atoms with van der Waals surface area (Å²) in [6.45, 7) is 6.47. The first-order chi connectivity index (χ1) is 8.94. The van der Waals surface area contributed by atoms with Crippen LogP contribution < -0.4 is 0 Å². The molecule has 19 heavy (non-hydrogen) atoms. The lowest BCUT2D eigenvalue weighted by Gasteiger charge is -2.60. The second-order valence-corrected chi connectivity index (χ2v) is 8.08. The third-order valence-corrected chi connectivity index (χ3v) is 7.15. The highest BCUT2D eigenvalue weighted by atomic mass is 32.2. The fraction of sp³-hybridized carbons (Fsp3) is 0.562. The lowest BCUT2D eigenvalue weighted by molar-refractivity contribution is -0.155. The van der Waals surface area contributed by atoms with Crippen molar-refractivity contribution in [1.29, 1.82) is 0 Å². The van der Waals surface area contributed by atoms with Crippen LogP contribution in [0.15, 0.2) is 35.2 Å². The van der Waals surface area contributed by atoms with Gasteiger partial charge in [-0.1, -0.05) is 39.0 Å². The van der Waals surface area contributed by atoms with Gasteiger partial charge in [0, 0.05) is 10.8 Å². The topological polar surface area (TPSA) is 34.1 Å². The highest BCUT2D eigenvalue weighted by Gasteiger charge is 2.62. The minimum absolute atomic E-state index is 0.105. The van der Waals surface area contributed by atoms with Crippen LogP contribution in [-0.4, -0.2) is 15.2 Å². The van der Waals surface area contributed by atoms with Crippen molar-refractivity contribution in [3.63, 3.8) is 0 Å². The van der Waals surface area contributed by atoms with Gasteiger partial charge in [0.2, 0.25) is 0 Å². The van der Waals surface area contributed by atoms with Crippen molar-refractivity contribution in [2.75, 3.05) is 0 Å². The summed E-state index contributed by atoms with van der Waals surface area (Å²) in [5.74, 6) is 1.09. The van der Waals surface area contributed by atoms with Crippen LogP contribution in [0.25, 0.3) is 0 Å². The van der Waals surface area contributed by atoms with E-state index in [2.05, 4.69) is 20.8 Å². The van der Waals surface area contributed by atoms with Gasteiger partial charge in [-0.25, -0.2) is 0 Å². The predicted molar refractivity (Wildman–Crippen MR) is 76.2 cm³/mol. The fourth-order valence-electron chi connectivity index (χ4n) is 4.00. The van der Waals surface area contributed by atoms with Gasteiger partial charge in [-0.05, 0) is 35.8 Å². The lowest BCUT2D eigenvalue weighted by Crippen LogP contribution is -2.63. The number of benzene rings is 1. The number of carbonyl (C=O) groups excluding carboxylic acids is 1. The van der Waals surface area contributed by atoms with Crippen LogP contribution in [0.2, 0.25) is 0 Å². The summed E-state index contributed by atoms with van der Waals surface area (Å²) in [6, 6.07) is 9.40. The Morgan fingerprint density at radius 2 is 1.84 bits per heavy atom. The standard InChI is InChI=1S/C16H20O2S/c1-10-12-9-13(16(12,2)3)14(17)15(10)19(18)11-7-5-4-6-8-11/h4-8,10,12-13,15H,9H2,1-3H3/t10?,12-,13+,15+,19?/m1/s1. The van der Waals surface area contributed by atoms with Crippen LogP contribution in [-0.2, 0) is 15.6 Å². The summed E-state index contributed by atoms with van der Waals surface area (Å²) in [7, 11) is -1.20. The fourth-order valence-corrected chi connectivity index (χ4v) is 5.68. The molecule has 0 spiro atoms. The molecule has 3 aliphatic carbocycles. The van der Waals surface area contributed by atoms with Crippen LogP contribution in [0.4, 0.5) is 0 Å². The van der Waals surface area contributed by atoms with Gasteiger partial charge < -0.3 is 0 Å². The number of fused-ring (bicyclic) bond motifs is 2. The van der Waals surface area contributed by atoms with Crippen molar-refractivity contribution in [3.05, 3.63) is 30.3 Å². The minimum Gasteiger partial charge on any atom is -0.298 e. The summed E-state index contributed by atoms with van der Waals surface area (Å²) in [5.41, 5.74) is 0.105. The van der Waals surface area contributed by atoms with Crippen molar-refractivity contribution in [2.24, 2.45) is 23.2 Å². The minimum atomic E-state index is -1.20. The Morgan fingerprint density at radius 1 is 1.21 bits per heavy atom. The Hall–Kier alpha value is -0.960. The molecule has 0 saturated heterocycles. The molecule has 3 heteroatoms. The van der Waals surface area contributed by atoms with E-state index in [1.54, 1.807) is 0 Å². The Bertz CT molecular complexity index is 535. The normalized spacial score (nSPS) is 37.5. The third kappa shape index (κ3) is 1.74. The van der Waals surface area contributed by atoms with Gasteiger partial charge in [-0.15, -0.1) is 0 Å². The van der Waals surface area contributed by atoms with Crippen molar-refractivity contribution >= 4 is 16.6 Å². The average molecular weight is 276 g/mol. The number of carbonyl (C=O) groups is 1. The Kier molecular flexibility index (Phi) is 2.93. The van der Waals surface area contributed by atoms with Gasteiger partial charge >= 0.3 is 0 Å². The molecule has 1 aromatic carbocycles. The van der Waals surface area contributed by atoms with E-state index < -0.39 is 10.8 Å². The lowest BCUT2D eigenvalue weighted by atomic mass is 9.45. The number of Topliss-reactive ketones (excluding diaryl/α,β-unsaturated/α-hetero) is 1. The maximum atomic E-state index is 12.7. The summed E-state index contributed by atoms with van der Waals surface area (Å²) in [6.07, 6.45) is 0.996. The van der Waals surface area contributed by atoms with Gasteiger partial charge in [0.1, 0.15) is 5.25 Å². The molecular weight excluding hydrogens is 256 g/mol. The Labute approximate surface area is 117 Å². The van der Waals surface area contributed by atoms with Crippen molar-refractivity contribution < 1.29 is 9.00 Å². The summed E-state index contributed by atoms with van der Waals surface area (Å²) >= 11 is 0. The van der Waals surface area contributed by atoms with E-state index in [4.69, 9.17) is 0 Å². The molecule has 0 N–H and O–H groups in total. The van der Waals surface area contributed by atoms with Crippen LogP contribution in [0.3, 0.4) is 0 Å². The molecule has 3 saturated carbocycles. The summed E-state index contributed by atoms with van der Waals surface area (Å²) in [4.78, 5) is 13.4. The molecule has 0 amide bonds. The quantitative estimate of drug-likeness (QED) is 0.832. The van der Waals surface area contributed by atoms with Gasteiger partial charge in [0.05, 0.1) is 10.8 Å². The predicted octanol–water partition coefficient (Wildman–Crippen LogP) is 3.04. The smallest absolute Gasteiger partial charge is 0.152 e. The first kappa shape index (κ1) is 13.0. The summed E-state index contributed by atoms with van der Waals surface area (Å²) < 4.78 is 12.7. The highest BCUT2D eigenvalue weighted by molar-refractivity contribution is 7.86. The van der Waals surface area contributed by atoms with Gasteiger partial charge in [-0.3, -0.25) is 9.00 Å². The average Bonchev–Trinajstić information content (AvgIpc) is 2.38. The second kappa shape index (κ2) is 4.27. The van der Waals surface area contributed by atoms with Crippen LogP contribution >= 0.6 is 0 Å². The SMILES string of the molecule is CC1[C@H](S(=O)c2ccccc2)C(=O)[C@@H]2C[C@H]1C2(C)C. The van der Waals surface area contributed by atoms with E-state index in [0.29, 0.717) is 5.92 Å². The largest absolute Gasteiger partial charge is 0.298 e. The van der Waals surface area contributed by atoms with Gasteiger partial charge in [0.15, 0.2) is 5.78 Å².